The largest absolute Gasteiger partial charge is 0.381 e. The average Bonchev–Trinajstić information content (AvgIpc) is 2.74. The molecule has 1 heterocycles. The molecule has 86 valence electrons. The molecule has 0 aromatic heterocycles. The fourth-order valence-corrected chi connectivity index (χ4v) is 2.90. The predicted molar refractivity (Wildman–Crippen MR) is 57.5 cm³/mol. The summed E-state index contributed by atoms with van der Waals surface area (Å²) in [5.41, 5.74) is 0. The quantitative estimate of drug-likeness (QED) is 0.721. The van der Waals surface area contributed by atoms with E-state index in [1.807, 2.05) is 11.9 Å². The van der Waals surface area contributed by atoms with E-state index in [9.17, 15) is 4.79 Å². The molecule has 2 fully saturated rings. The van der Waals surface area contributed by atoms with Crippen LogP contribution in [0.25, 0.3) is 0 Å². The minimum absolute atomic E-state index is 0.237. The minimum Gasteiger partial charge on any atom is -0.381 e. The minimum atomic E-state index is 0.237. The van der Waals surface area contributed by atoms with Gasteiger partial charge in [0.05, 0.1) is 12.6 Å². The summed E-state index contributed by atoms with van der Waals surface area (Å²) in [5.74, 6) is 1.59. The number of hydrogen-bond donors (Lipinski definition) is 1. The van der Waals surface area contributed by atoms with Crippen LogP contribution in [0, 0.1) is 11.8 Å². The van der Waals surface area contributed by atoms with E-state index < -0.39 is 0 Å². The molecule has 1 unspecified atom stereocenters. The maximum Gasteiger partial charge on any atom is 0.236 e. The first kappa shape index (κ1) is 10.9. The summed E-state index contributed by atoms with van der Waals surface area (Å²) in [6.45, 7) is 2.34. The first-order chi connectivity index (χ1) is 7.24. The fourth-order valence-electron chi connectivity index (χ4n) is 2.90. The highest BCUT2D eigenvalue weighted by atomic mass is 16.5. The first-order valence-corrected chi connectivity index (χ1v) is 5.69. The first-order valence-electron chi connectivity index (χ1n) is 5.69. The summed E-state index contributed by atoms with van der Waals surface area (Å²) in [5, 5.41) is 2.91. The molecule has 3 atom stereocenters. The van der Waals surface area contributed by atoms with Gasteiger partial charge in [0.15, 0.2) is 0 Å². The van der Waals surface area contributed by atoms with E-state index in [2.05, 4.69) is 5.32 Å². The molecule has 0 spiro atoms. The van der Waals surface area contributed by atoms with E-state index >= 15 is 0 Å². The molecule has 1 N–H and O–H groups in total. The molecule has 1 amide bonds. The Hall–Kier alpha value is -0.610. The predicted octanol–water partition coefficient (Wildman–Crippen LogP) is 0.0892. The number of carbonyl (C=O) groups excluding carboxylic acids is 1. The van der Waals surface area contributed by atoms with Gasteiger partial charge in [0.2, 0.25) is 5.91 Å². The van der Waals surface area contributed by atoms with Crippen molar-refractivity contribution in [3.63, 3.8) is 0 Å². The number of hydrogen-bond acceptors (Lipinski definition) is 3. The van der Waals surface area contributed by atoms with Crippen molar-refractivity contribution in [1.29, 1.82) is 0 Å². The summed E-state index contributed by atoms with van der Waals surface area (Å²) in [6.07, 6.45) is 2.69. The third-order valence-corrected chi connectivity index (χ3v) is 3.72. The highest BCUT2D eigenvalue weighted by Gasteiger charge is 2.42. The van der Waals surface area contributed by atoms with Crippen LogP contribution in [0.1, 0.15) is 12.8 Å². The van der Waals surface area contributed by atoms with Gasteiger partial charge in [-0.2, -0.15) is 0 Å². The summed E-state index contributed by atoms with van der Waals surface area (Å²) >= 11 is 0. The van der Waals surface area contributed by atoms with Gasteiger partial charge in [0.25, 0.3) is 0 Å². The van der Waals surface area contributed by atoms with E-state index in [1.54, 1.807) is 7.11 Å². The number of ether oxygens (including phenoxy) is 1. The van der Waals surface area contributed by atoms with Crippen LogP contribution < -0.4 is 5.32 Å². The van der Waals surface area contributed by atoms with Gasteiger partial charge in [-0.3, -0.25) is 4.79 Å². The van der Waals surface area contributed by atoms with Crippen LogP contribution in [0.3, 0.4) is 0 Å². The molecule has 2 aliphatic rings. The second-order valence-corrected chi connectivity index (χ2v) is 4.68. The lowest BCUT2D eigenvalue weighted by atomic mass is 10.0. The lowest BCUT2D eigenvalue weighted by molar-refractivity contribution is -0.129. The molecule has 4 nitrogen and oxygen atoms in total. The number of likely N-dealkylation sites (tertiary alicyclic amines) is 1. The number of fused-ring (bicyclic) bond motifs is 1. The molecule has 1 aliphatic carbocycles. The zero-order valence-corrected chi connectivity index (χ0v) is 9.53. The third kappa shape index (κ3) is 2.16. The van der Waals surface area contributed by atoms with Gasteiger partial charge in [-0.1, -0.05) is 0 Å². The van der Waals surface area contributed by atoms with Gasteiger partial charge in [0, 0.05) is 20.2 Å². The zero-order valence-electron chi connectivity index (χ0n) is 9.53. The SMILES string of the molecule is CNCC(=O)N1C[C@H]2CC(OC)C[C@H]2C1. The van der Waals surface area contributed by atoms with Crippen molar-refractivity contribution in [3.8, 4) is 0 Å². The number of methoxy groups -OCH3 is 1. The smallest absolute Gasteiger partial charge is 0.236 e. The number of likely N-dealkylation sites (N-methyl/N-ethyl adjacent to an activating group) is 1. The average molecular weight is 212 g/mol. The maximum absolute atomic E-state index is 11.7. The Morgan fingerprint density at radius 2 is 2.00 bits per heavy atom. The maximum atomic E-state index is 11.7. The third-order valence-electron chi connectivity index (χ3n) is 3.72. The Labute approximate surface area is 91.0 Å². The van der Waals surface area contributed by atoms with E-state index in [-0.39, 0.29) is 5.91 Å². The van der Waals surface area contributed by atoms with Crippen molar-refractivity contribution in [3.05, 3.63) is 0 Å². The molecular formula is C11H20N2O2. The summed E-state index contributed by atoms with van der Waals surface area (Å²) in [4.78, 5) is 13.7. The number of rotatable bonds is 3. The van der Waals surface area contributed by atoms with Gasteiger partial charge in [-0.05, 0) is 31.7 Å². The molecule has 0 radical (unpaired) electrons. The standard InChI is InChI=1S/C11H20N2O2/c1-12-5-11(14)13-6-8-3-10(15-2)4-9(8)7-13/h8-10,12H,3-7H2,1-2H3/t8-,9+,10?. The molecule has 15 heavy (non-hydrogen) atoms. The number of amides is 1. The van der Waals surface area contributed by atoms with Crippen LogP contribution in [0.2, 0.25) is 0 Å². The molecule has 0 aromatic rings. The monoisotopic (exact) mass is 212 g/mol. The van der Waals surface area contributed by atoms with Crippen LogP contribution >= 0.6 is 0 Å². The van der Waals surface area contributed by atoms with Crippen LogP contribution in [0.5, 0.6) is 0 Å². The lowest BCUT2D eigenvalue weighted by Gasteiger charge is -2.18. The summed E-state index contributed by atoms with van der Waals surface area (Å²) in [7, 11) is 3.60. The van der Waals surface area contributed by atoms with Crippen molar-refractivity contribution in [2.75, 3.05) is 33.8 Å². The molecule has 1 aliphatic heterocycles. The topological polar surface area (TPSA) is 41.6 Å². The Morgan fingerprint density at radius 1 is 1.40 bits per heavy atom. The van der Waals surface area contributed by atoms with Gasteiger partial charge >= 0.3 is 0 Å². The van der Waals surface area contributed by atoms with E-state index in [1.165, 1.54) is 0 Å². The van der Waals surface area contributed by atoms with E-state index in [0.717, 1.165) is 25.9 Å². The Balaban J connectivity index is 1.85. The van der Waals surface area contributed by atoms with Crippen LogP contribution in [-0.2, 0) is 9.53 Å². The Bertz CT molecular complexity index is 231. The molecule has 0 bridgehead atoms. The highest BCUT2D eigenvalue weighted by Crippen LogP contribution is 2.39. The molecule has 1 saturated carbocycles. The zero-order chi connectivity index (χ0) is 10.8. The van der Waals surface area contributed by atoms with Gasteiger partial charge in [-0.15, -0.1) is 0 Å². The molecule has 0 aromatic carbocycles. The van der Waals surface area contributed by atoms with Gasteiger partial charge < -0.3 is 15.0 Å². The van der Waals surface area contributed by atoms with Gasteiger partial charge in [0.1, 0.15) is 0 Å². The van der Waals surface area contributed by atoms with E-state index in [0.29, 0.717) is 24.5 Å². The molecule has 1 saturated heterocycles. The van der Waals surface area contributed by atoms with E-state index in [4.69, 9.17) is 4.74 Å². The number of carbonyl (C=O) groups is 1. The highest BCUT2D eigenvalue weighted by molar-refractivity contribution is 5.78. The Morgan fingerprint density at radius 3 is 2.47 bits per heavy atom. The second-order valence-electron chi connectivity index (χ2n) is 4.68. The molecule has 4 heteroatoms. The Kier molecular flexibility index (Phi) is 3.26. The molecule has 2 rings (SSSR count). The number of nitrogens with one attached hydrogen (secondary N) is 1. The van der Waals surface area contributed by atoms with Crippen molar-refractivity contribution in [2.45, 2.75) is 18.9 Å². The van der Waals surface area contributed by atoms with Crippen molar-refractivity contribution >= 4 is 5.91 Å². The van der Waals surface area contributed by atoms with Gasteiger partial charge in [-0.25, -0.2) is 0 Å². The van der Waals surface area contributed by atoms with Crippen LogP contribution in [-0.4, -0.2) is 50.7 Å². The van der Waals surface area contributed by atoms with Crippen LogP contribution in [0.4, 0.5) is 0 Å². The summed E-state index contributed by atoms with van der Waals surface area (Å²) in [6, 6.07) is 0. The second kappa shape index (κ2) is 4.49. The molecular weight excluding hydrogens is 192 g/mol. The lowest BCUT2D eigenvalue weighted by Crippen LogP contribution is -2.36. The number of nitrogens with zero attached hydrogens (tertiary/aromatic N) is 1. The van der Waals surface area contributed by atoms with Crippen LogP contribution in [0.15, 0.2) is 0 Å². The summed E-state index contributed by atoms with van der Waals surface area (Å²) < 4.78 is 5.37. The van der Waals surface area contributed by atoms with Crippen molar-refractivity contribution in [1.82, 2.24) is 10.2 Å². The van der Waals surface area contributed by atoms with Crippen molar-refractivity contribution in [2.24, 2.45) is 11.8 Å². The normalized spacial score (nSPS) is 34.5. The van der Waals surface area contributed by atoms with Crippen molar-refractivity contribution < 1.29 is 9.53 Å². The fraction of sp³-hybridized carbons (Fsp3) is 0.909.